The highest BCUT2D eigenvalue weighted by molar-refractivity contribution is 7.90. The smallest absolute Gasteiger partial charge is 0.286 e. The summed E-state index contributed by atoms with van der Waals surface area (Å²) in [6.45, 7) is 2.58. The molecule has 11 heteroatoms. The zero-order valence-corrected chi connectivity index (χ0v) is 21.6. The first kappa shape index (κ1) is 23.8. The van der Waals surface area contributed by atoms with Crippen LogP contribution in [0.25, 0.3) is 11.3 Å². The molecule has 0 aliphatic carbocycles. The first-order chi connectivity index (χ1) is 16.8. The molecule has 8 nitrogen and oxygen atoms in total. The lowest BCUT2D eigenvalue weighted by molar-refractivity contribution is 0.102. The van der Waals surface area contributed by atoms with Gasteiger partial charge in [0.25, 0.3) is 15.9 Å². The molecular formula is C24H23ClN4O4S2. The van der Waals surface area contributed by atoms with Crippen LogP contribution in [0.15, 0.2) is 45.7 Å². The van der Waals surface area contributed by atoms with Crippen LogP contribution in [0.2, 0.25) is 5.02 Å². The summed E-state index contributed by atoms with van der Waals surface area (Å²) >= 11 is 7.83. The van der Waals surface area contributed by atoms with Gasteiger partial charge in [-0.2, -0.15) is 8.42 Å². The van der Waals surface area contributed by atoms with Crippen molar-refractivity contribution in [3.8, 4) is 17.0 Å². The quantitative estimate of drug-likeness (QED) is 0.477. The number of amidine groups is 1. The van der Waals surface area contributed by atoms with Gasteiger partial charge in [-0.3, -0.25) is 10.1 Å². The van der Waals surface area contributed by atoms with Gasteiger partial charge in [0.2, 0.25) is 0 Å². The van der Waals surface area contributed by atoms with Gasteiger partial charge in [-0.1, -0.05) is 18.0 Å². The molecule has 3 aromatic rings. The minimum atomic E-state index is -3.93. The Balaban J connectivity index is 1.45. The summed E-state index contributed by atoms with van der Waals surface area (Å²) in [5.41, 5.74) is 2.17. The molecule has 182 valence electrons. The fourth-order valence-electron chi connectivity index (χ4n) is 4.30. The highest BCUT2D eigenvalue weighted by Crippen LogP contribution is 2.38. The number of sulfonamides is 1. The Morgan fingerprint density at radius 3 is 2.69 bits per heavy atom. The summed E-state index contributed by atoms with van der Waals surface area (Å²) in [5.74, 6) is 0.741. The average molecular weight is 531 g/mol. The van der Waals surface area contributed by atoms with E-state index < -0.39 is 15.9 Å². The van der Waals surface area contributed by atoms with Crippen LogP contribution in [0.3, 0.4) is 0 Å². The Bertz CT molecular complexity index is 1450. The van der Waals surface area contributed by atoms with Crippen molar-refractivity contribution in [3.05, 3.63) is 51.9 Å². The highest BCUT2D eigenvalue weighted by atomic mass is 35.5. The van der Waals surface area contributed by atoms with Crippen LogP contribution < -0.4 is 15.0 Å². The van der Waals surface area contributed by atoms with Crippen LogP contribution in [-0.4, -0.2) is 38.8 Å². The van der Waals surface area contributed by atoms with Crippen LogP contribution in [0.4, 0.5) is 10.8 Å². The van der Waals surface area contributed by atoms with E-state index in [4.69, 9.17) is 16.3 Å². The number of amides is 1. The van der Waals surface area contributed by atoms with Crippen LogP contribution in [0.5, 0.6) is 5.75 Å². The number of carbonyl (C=O) groups excluding carboxylic acids is 1. The zero-order valence-electron chi connectivity index (χ0n) is 19.2. The number of hydrogen-bond acceptors (Lipinski definition) is 7. The SMILES string of the molecule is COc1ccc(-c2nc(NC(=O)c3cc4c(cc3Cl)N3CCCCCC3=NS4(=O)=O)sc2C)cc1. The fraction of sp³-hybridized carbons (Fsp3) is 0.292. The van der Waals surface area contributed by atoms with Gasteiger partial charge < -0.3 is 9.64 Å². The second-order valence-electron chi connectivity index (χ2n) is 8.35. The summed E-state index contributed by atoms with van der Waals surface area (Å²) < 4.78 is 35.1. The monoisotopic (exact) mass is 530 g/mol. The van der Waals surface area contributed by atoms with Crippen molar-refractivity contribution in [2.45, 2.75) is 37.5 Å². The predicted molar refractivity (Wildman–Crippen MR) is 139 cm³/mol. The molecule has 2 aliphatic heterocycles. The lowest BCUT2D eigenvalue weighted by Gasteiger charge is -2.30. The van der Waals surface area contributed by atoms with Crippen LogP contribution >= 0.6 is 22.9 Å². The number of ether oxygens (including phenoxy) is 1. The molecule has 0 spiro atoms. The molecule has 2 aliphatic rings. The van der Waals surface area contributed by atoms with Gasteiger partial charge in [0, 0.05) is 23.4 Å². The van der Waals surface area contributed by atoms with Crippen molar-refractivity contribution < 1.29 is 17.9 Å². The predicted octanol–water partition coefficient (Wildman–Crippen LogP) is 5.51. The number of hydrogen-bond donors (Lipinski definition) is 1. The number of aromatic nitrogens is 1. The molecule has 3 heterocycles. The number of methoxy groups -OCH3 is 1. The number of nitrogens with zero attached hydrogens (tertiary/aromatic N) is 3. The van der Waals surface area contributed by atoms with Crippen LogP contribution in [0, 0.1) is 6.92 Å². The first-order valence-electron chi connectivity index (χ1n) is 11.1. The third-order valence-corrected chi connectivity index (χ3v) is 8.59. The number of aryl methyl sites for hydroxylation is 1. The maximum Gasteiger partial charge on any atom is 0.286 e. The van der Waals surface area contributed by atoms with E-state index in [0.29, 0.717) is 29.6 Å². The Labute approximate surface area is 212 Å². The Kier molecular flexibility index (Phi) is 6.29. The van der Waals surface area contributed by atoms with E-state index in [1.807, 2.05) is 36.1 Å². The van der Waals surface area contributed by atoms with E-state index in [0.717, 1.165) is 41.1 Å². The maximum absolute atomic E-state index is 13.1. The number of anilines is 2. The average Bonchev–Trinajstić information content (AvgIpc) is 3.03. The lowest BCUT2D eigenvalue weighted by Crippen LogP contribution is -2.35. The molecule has 0 saturated carbocycles. The number of nitrogens with one attached hydrogen (secondary N) is 1. The van der Waals surface area contributed by atoms with E-state index in [2.05, 4.69) is 14.7 Å². The zero-order chi connectivity index (χ0) is 24.7. The molecule has 2 aromatic carbocycles. The number of thiazole rings is 1. The van der Waals surface area contributed by atoms with Gasteiger partial charge in [0.1, 0.15) is 16.5 Å². The molecular weight excluding hydrogens is 508 g/mol. The van der Waals surface area contributed by atoms with Gasteiger partial charge in [-0.05, 0) is 56.2 Å². The molecule has 1 N–H and O–H groups in total. The molecule has 5 rings (SSSR count). The highest BCUT2D eigenvalue weighted by Gasteiger charge is 2.33. The third kappa shape index (κ3) is 4.53. The van der Waals surface area contributed by atoms with Crippen molar-refractivity contribution in [1.82, 2.24) is 4.98 Å². The van der Waals surface area contributed by atoms with Crippen molar-refractivity contribution >= 4 is 55.5 Å². The number of fused-ring (bicyclic) bond motifs is 3. The minimum Gasteiger partial charge on any atom is -0.497 e. The van der Waals surface area contributed by atoms with Gasteiger partial charge in [0.15, 0.2) is 5.13 Å². The Hall–Kier alpha value is -2.95. The summed E-state index contributed by atoms with van der Waals surface area (Å²) in [6, 6.07) is 10.4. The molecule has 1 amide bonds. The molecule has 1 aromatic heterocycles. The number of halogens is 1. The van der Waals surface area contributed by atoms with Gasteiger partial charge in [-0.15, -0.1) is 15.7 Å². The molecule has 0 bridgehead atoms. The van der Waals surface area contributed by atoms with E-state index in [1.54, 1.807) is 13.2 Å². The Morgan fingerprint density at radius 1 is 1.17 bits per heavy atom. The number of rotatable bonds is 4. The van der Waals surface area contributed by atoms with Crippen molar-refractivity contribution in [2.24, 2.45) is 4.40 Å². The van der Waals surface area contributed by atoms with Gasteiger partial charge >= 0.3 is 0 Å². The Morgan fingerprint density at radius 2 is 1.94 bits per heavy atom. The molecule has 1 fully saturated rings. The molecule has 1 saturated heterocycles. The number of carbonyl (C=O) groups is 1. The topological polar surface area (TPSA) is 101 Å². The maximum atomic E-state index is 13.1. The molecule has 0 unspecified atom stereocenters. The van der Waals surface area contributed by atoms with E-state index in [9.17, 15) is 13.2 Å². The fourth-order valence-corrected chi connectivity index (χ4v) is 6.64. The normalized spacial score (nSPS) is 16.5. The summed E-state index contributed by atoms with van der Waals surface area (Å²) in [5, 5.41) is 3.33. The summed E-state index contributed by atoms with van der Waals surface area (Å²) in [6.07, 6.45) is 3.42. The first-order valence-corrected chi connectivity index (χ1v) is 13.8. The largest absolute Gasteiger partial charge is 0.497 e. The molecule has 0 atom stereocenters. The van der Waals surface area contributed by atoms with E-state index >= 15 is 0 Å². The molecule has 0 radical (unpaired) electrons. The van der Waals surface area contributed by atoms with Crippen molar-refractivity contribution in [2.75, 3.05) is 23.9 Å². The summed E-state index contributed by atoms with van der Waals surface area (Å²) in [7, 11) is -2.33. The van der Waals surface area contributed by atoms with Gasteiger partial charge in [-0.25, -0.2) is 4.98 Å². The second kappa shape index (κ2) is 9.25. The third-order valence-electron chi connectivity index (χ3n) is 6.06. The second-order valence-corrected chi connectivity index (χ2v) is 11.5. The number of benzene rings is 2. The minimum absolute atomic E-state index is 0.00746. The standard InChI is InChI=1S/C24H23ClN4O4S2/c1-14-22(15-7-9-16(33-2)10-8-15)26-24(34-14)27-23(30)17-12-20-19(13-18(17)25)29-11-5-3-4-6-21(29)28-35(20,31)32/h7-10,12-13H,3-6,11H2,1-2H3,(H,26,27,30). The van der Waals surface area contributed by atoms with Crippen LogP contribution in [-0.2, 0) is 10.0 Å². The lowest BCUT2D eigenvalue weighted by atomic mass is 10.1. The summed E-state index contributed by atoms with van der Waals surface area (Å²) in [4.78, 5) is 20.5. The van der Waals surface area contributed by atoms with Crippen LogP contribution in [0.1, 0.15) is 40.9 Å². The van der Waals surface area contributed by atoms with Crippen molar-refractivity contribution in [1.29, 1.82) is 0 Å². The van der Waals surface area contributed by atoms with E-state index in [-0.39, 0.29) is 15.5 Å². The van der Waals surface area contributed by atoms with Crippen molar-refractivity contribution in [3.63, 3.8) is 0 Å². The van der Waals surface area contributed by atoms with E-state index in [1.165, 1.54) is 17.4 Å². The van der Waals surface area contributed by atoms with Gasteiger partial charge in [0.05, 0.1) is 29.1 Å². The molecule has 35 heavy (non-hydrogen) atoms.